The average Bonchev–Trinajstić information content (AvgIpc) is 3.35. The largest absolute Gasteiger partial charge is 0.506 e. The number of nitrogens with one attached hydrogen (secondary N) is 1. The van der Waals surface area contributed by atoms with Gasteiger partial charge in [0.15, 0.2) is 0 Å². The Labute approximate surface area is 311 Å². The fourth-order valence-electron chi connectivity index (χ4n) is 6.51. The van der Waals surface area contributed by atoms with Crippen LogP contribution in [0.3, 0.4) is 0 Å². The van der Waals surface area contributed by atoms with Gasteiger partial charge >= 0.3 is 0 Å². The van der Waals surface area contributed by atoms with E-state index in [1.807, 2.05) is 12.1 Å². The van der Waals surface area contributed by atoms with Gasteiger partial charge < -0.3 is 34.6 Å². The molecule has 8 heteroatoms. The van der Waals surface area contributed by atoms with Crippen molar-refractivity contribution in [2.45, 2.75) is 87.6 Å². The van der Waals surface area contributed by atoms with Crippen LogP contribution in [0.25, 0.3) is 10.9 Å². The van der Waals surface area contributed by atoms with Crippen LogP contribution in [0.2, 0.25) is 0 Å². The number of aromatic nitrogens is 1. The molecule has 280 valence electrons. The standard InChI is InChI=1S/C44H60N4O4/c1-10-22-46(23-20-30(5)11-2)28-32(7)29-48-34(9)33(8)39-27-38(18-19-40(39)48)52-37-16-14-35(15-17-37)44(51)45-36-25-41(49)43(42(50)26-36)47(13-4)24-21-31(6)12-3/h13-19,21,24-27,30-32,49-50H,4,10-12,20,22-23,28-29H2,1-3,5-9H3,(H,45,51)/b24-21-. The third kappa shape index (κ3) is 10.2. The maximum atomic E-state index is 13.1. The molecule has 0 saturated carbocycles. The quantitative estimate of drug-likeness (QED) is 0.0898. The van der Waals surface area contributed by atoms with Crippen LogP contribution in [0.15, 0.2) is 79.7 Å². The van der Waals surface area contributed by atoms with Gasteiger partial charge in [-0.25, -0.2) is 0 Å². The second-order valence-electron chi connectivity index (χ2n) is 14.5. The van der Waals surface area contributed by atoms with Crippen LogP contribution in [-0.4, -0.2) is 45.2 Å². The van der Waals surface area contributed by atoms with Crippen molar-refractivity contribution < 1.29 is 19.7 Å². The summed E-state index contributed by atoms with van der Waals surface area (Å²) >= 11 is 0. The Balaban J connectivity index is 1.42. The van der Waals surface area contributed by atoms with Crippen LogP contribution < -0.4 is 15.0 Å². The molecule has 0 aliphatic rings. The topological polar surface area (TPSA) is 90.2 Å². The molecule has 0 spiro atoms. The van der Waals surface area contributed by atoms with Crippen molar-refractivity contribution >= 4 is 28.2 Å². The molecule has 0 fully saturated rings. The van der Waals surface area contributed by atoms with E-state index in [0.29, 0.717) is 23.1 Å². The molecule has 1 aromatic heterocycles. The van der Waals surface area contributed by atoms with E-state index in [-0.39, 0.29) is 28.8 Å². The molecule has 3 atom stereocenters. The molecule has 3 N–H and O–H groups in total. The first-order valence-corrected chi connectivity index (χ1v) is 18.9. The lowest BCUT2D eigenvalue weighted by molar-refractivity contribution is 0.102. The third-order valence-electron chi connectivity index (χ3n) is 10.2. The van der Waals surface area contributed by atoms with Crippen molar-refractivity contribution in [1.82, 2.24) is 9.47 Å². The number of amides is 1. The van der Waals surface area contributed by atoms with E-state index in [1.165, 1.54) is 66.3 Å². The minimum atomic E-state index is -0.383. The summed E-state index contributed by atoms with van der Waals surface area (Å²) in [5.41, 5.74) is 4.61. The van der Waals surface area contributed by atoms with Gasteiger partial charge in [0.1, 0.15) is 28.7 Å². The van der Waals surface area contributed by atoms with E-state index in [9.17, 15) is 15.0 Å². The van der Waals surface area contributed by atoms with Gasteiger partial charge in [0, 0.05) is 65.5 Å². The summed E-state index contributed by atoms with van der Waals surface area (Å²) < 4.78 is 8.70. The van der Waals surface area contributed by atoms with E-state index in [0.717, 1.165) is 37.7 Å². The number of aryl methyl sites for hydroxylation is 1. The number of ether oxygens (including phenoxy) is 1. The number of allylic oxidation sites excluding steroid dienone is 1. The summed E-state index contributed by atoms with van der Waals surface area (Å²) in [6, 6.07) is 16.0. The zero-order valence-corrected chi connectivity index (χ0v) is 32.6. The van der Waals surface area contributed by atoms with Crippen molar-refractivity contribution in [1.29, 1.82) is 0 Å². The van der Waals surface area contributed by atoms with Crippen LogP contribution in [-0.2, 0) is 6.54 Å². The van der Waals surface area contributed by atoms with Gasteiger partial charge in [0.05, 0.1) is 0 Å². The Morgan fingerprint density at radius 3 is 2.21 bits per heavy atom. The van der Waals surface area contributed by atoms with E-state index >= 15 is 0 Å². The highest BCUT2D eigenvalue weighted by Crippen LogP contribution is 2.40. The molecule has 4 aromatic rings. The number of phenolic OH excluding ortho intramolecular Hbond substituents is 2. The van der Waals surface area contributed by atoms with Crippen molar-refractivity contribution in [3.63, 3.8) is 0 Å². The SMILES string of the molecule is C=CN(/C=C\C(C)CC)c1c(O)cc(NC(=O)c2ccc(Oc3ccc4c(c3)c(C)c(C)n4CC(C)CN(CCC)CCC(C)CC)cc2)cc1O. The number of rotatable bonds is 19. The normalized spacial score (nSPS) is 13.4. The van der Waals surface area contributed by atoms with Gasteiger partial charge in [-0.3, -0.25) is 4.79 Å². The van der Waals surface area contributed by atoms with Crippen LogP contribution in [0.4, 0.5) is 11.4 Å². The molecule has 0 saturated heterocycles. The minimum Gasteiger partial charge on any atom is -0.506 e. The lowest BCUT2D eigenvalue weighted by Gasteiger charge is -2.27. The van der Waals surface area contributed by atoms with Crippen molar-refractivity contribution in [2.24, 2.45) is 17.8 Å². The molecule has 0 aliphatic carbocycles. The molecule has 0 bridgehead atoms. The zero-order valence-electron chi connectivity index (χ0n) is 32.6. The van der Waals surface area contributed by atoms with Gasteiger partial charge in [-0.05, 0) is 106 Å². The number of aromatic hydroxyl groups is 2. The van der Waals surface area contributed by atoms with E-state index in [4.69, 9.17) is 4.74 Å². The number of benzene rings is 3. The molecule has 8 nitrogen and oxygen atoms in total. The van der Waals surface area contributed by atoms with E-state index in [1.54, 1.807) is 35.4 Å². The summed E-state index contributed by atoms with van der Waals surface area (Å²) in [7, 11) is 0. The van der Waals surface area contributed by atoms with Crippen LogP contribution in [0.1, 0.15) is 88.8 Å². The monoisotopic (exact) mass is 708 g/mol. The fraction of sp³-hybridized carbons (Fsp3) is 0.432. The first-order chi connectivity index (χ1) is 24.9. The average molecular weight is 709 g/mol. The maximum Gasteiger partial charge on any atom is 0.255 e. The molecule has 3 unspecified atom stereocenters. The van der Waals surface area contributed by atoms with Gasteiger partial charge in [0.2, 0.25) is 0 Å². The Kier molecular flexibility index (Phi) is 14.4. The van der Waals surface area contributed by atoms with Crippen LogP contribution >= 0.6 is 0 Å². The first-order valence-electron chi connectivity index (χ1n) is 18.9. The number of carbonyl (C=O) groups excluding carboxylic acids is 1. The maximum absolute atomic E-state index is 13.1. The summed E-state index contributed by atoms with van der Waals surface area (Å²) in [5, 5.41) is 25.4. The highest BCUT2D eigenvalue weighted by molar-refractivity contribution is 6.04. The summed E-state index contributed by atoms with van der Waals surface area (Å²) in [4.78, 5) is 17.3. The van der Waals surface area contributed by atoms with Crippen molar-refractivity contribution in [3.05, 3.63) is 96.5 Å². The minimum absolute atomic E-state index is 0.186. The number of fused-ring (bicyclic) bond motifs is 1. The molecule has 0 radical (unpaired) electrons. The van der Waals surface area contributed by atoms with Crippen LogP contribution in [0, 0.1) is 31.6 Å². The van der Waals surface area contributed by atoms with Gasteiger partial charge in [-0.1, -0.05) is 67.0 Å². The Morgan fingerprint density at radius 1 is 0.923 bits per heavy atom. The Bertz CT molecular complexity index is 1800. The summed E-state index contributed by atoms with van der Waals surface area (Å²) in [6.07, 6.45) is 9.86. The van der Waals surface area contributed by atoms with E-state index in [2.05, 4.69) is 88.9 Å². The molecule has 52 heavy (non-hydrogen) atoms. The number of anilines is 2. The molecule has 1 heterocycles. The lowest BCUT2D eigenvalue weighted by Crippen LogP contribution is -2.32. The summed E-state index contributed by atoms with van der Waals surface area (Å²) in [5.74, 6) is 2.19. The predicted molar refractivity (Wildman–Crippen MR) is 217 cm³/mol. The van der Waals surface area contributed by atoms with Crippen molar-refractivity contribution in [2.75, 3.05) is 29.9 Å². The number of phenols is 2. The van der Waals surface area contributed by atoms with E-state index < -0.39 is 0 Å². The fourth-order valence-corrected chi connectivity index (χ4v) is 6.51. The second kappa shape index (κ2) is 18.7. The zero-order chi connectivity index (χ0) is 37.9. The molecule has 3 aromatic carbocycles. The lowest BCUT2D eigenvalue weighted by atomic mass is 10.0. The molecule has 1 amide bonds. The number of nitrogens with zero attached hydrogens (tertiary/aromatic N) is 3. The highest BCUT2D eigenvalue weighted by atomic mass is 16.5. The molecular formula is C44H60N4O4. The van der Waals surface area contributed by atoms with Crippen molar-refractivity contribution in [3.8, 4) is 23.0 Å². The summed E-state index contributed by atoms with van der Waals surface area (Å²) in [6.45, 7) is 26.0. The molecule has 4 rings (SSSR count). The number of carbonyl (C=O) groups is 1. The second-order valence-corrected chi connectivity index (χ2v) is 14.5. The smallest absolute Gasteiger partial charge is 0.255 e. The van der Waals surface area contributed by atoms with Gasteiger partial charge in [-0.2, -0.15) is 0 Å². The number of hydrogen-bond acceptors (Lipinski definition) is 6. The van der Waals surface area contributed by atoms with Crippen LogP contribution in [0.5, 0.6) is 23.0 Å². The van der Waals surface area contributed by atoms with Gasteiger partial charge in [-0.15, -0.1) is 0 Å². The third-order valence-corrected chi connectivity index (χ3v) is 10.2. The molecule has 0 aliphatic heterocycles. The van der Waals surface area contributed by atoms with Gasteiger partial charge in [0.25, 0.3) is 5.91 Å². The first kappa shape index (κ1) is 40.1. The molecular weight excluding hydrogens is 649 g/mol. The Hall–Kier alpha value is -4.69. The Morgan fingerprint density at radius 2 is 1.60 bits per heavy atom. The number of hydrogen-bond donors (Lipinski definition) is 3. The highest BCUT2D eigenvalue weighted by Gasteiger charge is 2.18. The predicted octanol–water partition coefficient (Wildman–Crippen LogP) is 11.0.